The van der Waals surface area contributed by atoms with Gasteiger partial charge >= 0.3 is 6.36 Å². The van der Waals surface area contributed by atoms with Crippen LogP contribution in [-0.4, -0.2) is 41.1 Å². The SMILES string of the molecule is CCCc1ccccc1N1C(=O)C(C)S/C1=N/N=C\c1ccc(C(N)=NC=Nc2ccc(OC(F)(F)F)cc2)cc1. The predicted octanol–water partition coefficient (Wildman–Crippen LogP) is 6.46. The Labute approximate surface area is 239 Å². The molecule has 0 radical (unpaired) electrons. The first-order chi connectivity index (χ1) is 19.6. The van der Waals surface area contributed by atoms with Gasteiger partial charge in [0.15, 0.2) is 5.17 Å². The molecule has 1 saturated heterocycles. The van der Waals surface area contributed by atoms with Crippen molar-refractivity contribution in [2.75, 3.05) is 4.90 Å². The monoisotopic (exact) mass is 580 g/mol. The van der Waals surface area contributed by atoms with E-state index >= 15 is 0 Å². The minimum atomic E-state index is -4.76. The molecular weight excluding hydrogens is 553 g/mol. The van der Waals surface area contributed by atoms with Gasteiger partial charge in [0.25, 0.3) is 0 Å². The minimum Gasteiger partial charge on any atom is -0.406 e. The molecule has 12 heteroatoms. The number of benzene rings is 3. The maximum absolute atomic E-state index is 12.9. The second kappa shape index (κ2) is 13.3. The fraction of sp³-hybridized carbons (Fsp3) is 0.207. The second-order valence-electron chi connectivity index (χ2n) is 8.86. The lowest BCUT2D eigenvalue weighted by molar-refractivity contribution is -0.274. The van der Waals surface area contributed by atoms with Crippen LogP contribution in [0.15, 0.2) is 93.0 Å². The normalized spacial score (nSPS) is 17.3. The summed E-state index contributed by atoms with van der Waals surface area (Å²) >= 11 is 1.37. The summed E-state index contributed by atoms with van der Waals surface area (Å²) in [6, 6.07) is 20.0. The third kappa shape index (κ3) is 8.04. The number of amides is 1. The highest BCUT2D eigenvalue weighted by Gasteiger charge is 2.37. The number of carbonyl (C=O) groups excluding carboxylic acids is 1. The number of para-hydroxylation sites is 1. The topological polar surface area (TPSA) is 105 Å². The van der Waals surface area contributed by atoms with E-state index in [1.54, 1.807) is 35.4 Å². The van der Waals surface area contributed by atoms with E-state index in [4.69, 9.17) is 5.73 Å². The molecule has 4 rings (SSSR count). The number of thioether (sulfide) groups is 1. The van der Waals surface area contributed by atoms with E-state index in [-0.39, 0.29) is 22.7 Å². The van der Waals surface area contributed by atoms with Crippen molar-refractivity contribution in [1.29, 1.82) is 0 Å². The summed E-state index contributed by atoms with van der Waals surface area (Å²) in [5.74, 6) is -0.164. The van der Waals surface area contributed by atoms with Crippen LogP contribution in [0.2, 0.25) is 0 Å². The number of nitrogens with zero attached hydrogens (tertiary/aromatic N) is 5. The van der Waals surface area contributed by atoms with Crippen LogP contribution in [0.4, 0.5) is 24.5 Å². The van der Waals surface area contributed by atoms with E-state index in [9.17, 15) is 18.0 Å². The zero-order valence-electron chi connectivity index (χ0n) is 22.2. The van der Waals surface area contributed by atoms with E-state index in [1.165, 1.54) is 30.2 Å². The number of hydrogen-bond donors (Lipinski definition) is 1. The summed E-state index contributed by atoms with van der Waals surface area (Å²) in [5, 5.41) is 8.84. The van der Waals surface area contributed by atoms with Gasteiger partial charge in [-0.05, 0) is 54.8 Å². The molecule has 1 aliphatic rings. The summed E-state index contributed by atoms with van der Waals surface area (Å²) in [7, 11) is 0. The number of alkyl halides is 3. The Kier molecular flexibility index (Phi) is 9.56. The number of amidine groups is 2. The predicted molar refractivity (Wildman–Crippen MR) is 158 cm³/mol. The van der Waals surface area contributed by atoms with E-state index in [1.807, 2.05) is 31.2 Å². The van der Waals surface area contributed by atoms with Crippen LogP contribution >= 0.6 is 11.8 Å². The number of halogens is 3. The Hall–Kier alpha value is -4.45. The summed E-state index contributed by atoms with van der Waals surface area (Å²) < 4.78 is 40.6. The van der Waals surface area contributed by atoms with E-state index in [0.29, 0.717) is 16.4 Å². The summed E-state index contributed by atoms with van der Waals surface area (Å²) in [4.78, 5) is 22.7. The van der Waals surface area contributed by atoms with Crippen LogP contribution in [0, 0.1) is 0 Å². The van der Waals surface area contributed by atoms with Crippen molar-refractivity contribution < 1.29 is 22.7 Å². The highest BCUT2D eigenvalue weighted by Crippen LogP contribution is 2.34. The number of hydrogen-bond acceptors (Lipinski definition) is 6. The van der Waals surface area contributed by atoms with Crippen LogP contribution in [0.1, 0.15) is 37.0 Å². The molecule has 1 fully saturated rings. The summed E-state index contributed by atoms with van der Waals surface area (Å²) in [5.41, 5.74) is 9.74. The van der Waals surface area contributed by atoms with Crippen LogP contribution in [-0.2, 0) is 11.2 Å². The number of nitrogens with two attached hydrogens (primary N) is 1. The molecule has 0 bridgehead atoms. The first-order valence-electron chi connectivity index (χ1n) is 12.7. The molecule has 1 atom stereocenters. The highest BCUT2D eigenvalue weighted by atomic mass is 32.2. The van der Waals surface area contributed by atoms with Gasteiger partial charge in [-0.15, -0.1) is 18.3 Å². The van der Waals surface area contributed by atoms with Gasteiger partial charge in [-0.2, -0.15) is 5.10 Å². The summed E-state index contributed by atoms with van der Waals surface area (Å²) in [6.45, 7) is 3.95. The number of ether oxygens (including phenoxy) is 1. The average molecular weight is 581 g/mol. The fourth-order valence-electron chi connectivity index (χ4n) is 3.89. The largest absolute Gasteiger partial charge is 0.573 e. The number of carbonyl (C=O) groups is 1. The molecule has 8 nitrogen and oxygen atoms in total. The Morgan fingerprint density at radius 3 is 2.46 bits per heavy atom. The average Bonchev–Trinajstić information content (AvgIpc) is 3.22. The minimum absolute atomic E-state index is 0.0253. The zero-order chi connectivity index (χ0) is 29.4. The van der Waals surface area contributed by atoms with Crippen molar-refractivity contribution in [2.24, 2.45) is 25.9 Å². The molecule has 0 aromatic heterocycles. The summed E-state index contributed by atoms with van der Waals surface area (Å²) in [6.07, 6.45) is -0.139. The molecule has 3 aromatic rings. The number of rotatable bonds is 9. The lowest BCUT2D eigenvalue weighted by atomic mass is 10.1. The standard InChI is InChI=1S/C29H27F3N6O2S/c1-3-6-21-7-4-5-8-25(21)38-27(39)19(2)41-28(38)37-36-17-20-9-11-22(12-10-20)26(33)35-18-34-23-13-15-24(16-14-23)40-29(30,31)32/h4-5,7-19H,3,6H2,1-2H3,(H2,33,34,35)/b36-17-,37-28+. The van der Waals surface area contributed by atoms with Gasteiger partial charge < -0.3 is 10.5 Å². The van der Waals surface area contributed by atoms with E-state index < -0.39 is 6.36 Å². The lowest BCUT2D eigenvalue weighted by Gasteiger charge is -2.19. The van der Waals surface area contributed by atoms with Crippen molar-refractivity contribution in [2.45, 2.75) is 38.3 Å². The molecule has 3 aromatic carbocycles. The van der Waals surface area contributed by atoms with E-state index in [0.717, 1.165) is 41.8 Å². The van der Waals surface area contributed by atoms with Crippen LogP contribution in [0.5, 0.6) is 5.75 Å². The second-order valence-corrected chi connectivity index (χ2v) is 10.2. The molecule has 41 heavy (non-hydrogen) atoms. The van der Waals surface area contributed by atoms with Gasteiger partial charge in [-0.1, -0.05) is 67.6 Å². The quantitative estimate of drug-likeness (QED) is 0.178. The fourth-order valence-corrected chi connectivity index (χ4v) is 4.80. The lowest BCUT2D eigenvalue weighted by Crippen LogP contribution is -2.32. The van der Waals surface area contributed by atoms with Gasteiger partial charge in [0, 0.05) is 5.56 Å². The first-order valence-corrected chi connectivity index (χ1v) is 13.5. The highest BCUT2D eigenvalue weighted by molar-refractivity contribution is 8.16. The van der Waals surface area contributed by atoms with Gasteiger partial charge in [-0.3, -0.25) is 9.69 Å². The van der Waals surface area contributed by atoms with Gasteiger partial charge in [0.1, 0.15) is 17.9 Å². The van der Waals surface area contributed by atoms with Crippen molar-refractivity contribution >= 4 is 52.6 Å². The molecule has 1 unspecified atom stereocenters. The maximum atomic E-state index is 12.9. The molecular formula is C29H27F3N6O2S. The smallest absolute Gasteiger partial charge is 0.406 e. The van der Waals surface area contributed by atoms with Gasteiger partial charge in [-0.25, -0.2) is 9.98 Å². The number of aliphatic imine (C=N–C) groups is 2. The third-order valence-electron chi connectivity index (χ3n) is 5.82. The number of anilines is 1. The van der Waals surface area contributed by atoms with Crippen LogP contribution < -0.4 is 15.4 Å². The van der Waals surface area contributed by atoms with Crippen LogP contribution in [0.3, 0.4) is 0 Å². The zero-order valence-corrected chi connectivity index (χ0v) is 23.1. The Bertz CT molecular complexity index is 1490. The molecule has 212 valence electrons. The molecule has 1 aliphatic heterocycles. The molecule has 2 N–H and O–H groups in total. The van der Waals surface area contributed by atoms with E-state index in [2.05, 4.69) is 31.8 Å². The van der Waals surface area contributed by atoms with Gasteiger partial charge in [0.05, 0.1) is 22.8 Å². The third-order valence-corrected chi connectivity index (χ3v) is 6.85. The van der Waals surface area contributed by atoms with Crippen molar-refractivity contribution in [3.63, 3.8) is 0 Å². The van der Waals surface area contributed by atoms with Crippen molar-refractivity contribution in [3.05, 3.63) is 89.5 Å². The molecule has 1 heterocycles. The Morgan fingerprint density at radius 1 is 1.07 bits per heavy atom. The van der Waals surface area contributed by atoms with Crippen LogP contribution in [0.25, 0.3) is 0 Å². The Balaban J connectivity index is 1.41. The van der Waals surface area contributed by atoms with Crippen molar-refractivity contribution in [1.82, 2.24) is 0 Å². The van der Waals surface area contributed by atoms with Gasteiger partial charge in [0.2, 0.25) is 5.91 Å². The molecule has 0 spiro atoms. The molecule has 0 saturated carbocycles. The molecule has 0 aliphatic carbocycles. The Morgan fingerprint density at radius 2 is 1.78 bits per heavy atom. The first kappa shape index (κ1) is 29.5. The number of aryl methyl sites for hydroxylation is 1. The van der Waals surface area contributed by atoms with Crippen molar-refractivity contribution in [3.8, 4) is 5.75 Å². The molecule has 1 amide bonds. The maximum Gasteiger partial charge on any atom is 0.573 e.